The fraction of sp³-hybridized carbons (Fsp3) is 0.500. The summed E-state index contributed by atoms with van der Waals surface area (Å²) >= 11 is 0. The summed E-state index contributed by atoms with van der Waals surface area (Å²) in [6.45, 7) is 16.8. The molecule has 0 fully saturated rings. The fourth-order valence-corrected chi connectivity index (χ4v) is 5.41. The first-order valence-electron chi connectivity index (χ1n) is 14.3. The van der Waals surface area contributed by atoms with Gasteiger partial charge in [-0.15, -0.1) is 0 Å². The van der Waals surface area contributed by atoms with Gasteiger partial charge in [0.25, 0.3) is 0 Å². The standard InChI is InChI=1S/C32H48N4O3Si/c1-9-13-26(18-19-39-40(7,8)32(3,4)5)35-30-28(23(2)34-31(33)36-30)20-25-16-17-27(21-29(25)37-6)38-22-24-14-11-10-12-15-24/h10-12,14-17,21,26H,9,13,18-20,22H2,1-8H3,(H3,33,34,35,36). The quantitative estimate of drug-likeness (QED) is 0.195. The van der Waals surface area contributed by atoms with Crippen LogP contribution in [-0.4, -0.2) is 38.0 Å². The van der Waals surface area contributed by atoms with Gasteiger partial charge in [-0.3, -0.25) is 0 Å². The maximum Gasteiger partial charge on any atom is 0.222 e. The van der Waals surface area contributed by atoms with Crippen LogP contribution < -0.4 is 20.5 Å². The number of aromatic nitrogens is 2. The first kappa shape index (κ1) is 31.4. The minimum atomic E-state index is -1.80. The fourth-order valence-electron chi connectivity index (χ4n) is 4.34. The van der Waals surface area contributed by atoms with Crippen molar-refractivity contribution in [2.75, 3.05) is 24.8 Å². The molecule has 0 spiro atoms. The normalized spacial score (nSPS) is 12.7. The van der Waals surface area contributed by atoms with E-state index in [1.807, 2.05) is 37.3 Å². The number of aryl methyl sites for hydroxylation is 1. The molecule has 0 aliphatic carbocycles. The summed E-state index contributed by atoms with van der Waals surface area (Å²) in [5.74, 6) is 2.58. The molecule has 3 rings (SSSR count). The predicted octanol–water partition coefficient (Wildman–Crippen LogP) is 7.54. The van der Waals surface area contributed by atoms with Crippen molar-refractivity contribution in [2.24, 2.45) is 0 Å². The first-order chi connectivity index (χ1) is 18.9. The lowest BCUT2D eigenvalue weighted by Crippen LogP contribution is -2.41. The number of hydrogen-bond acceptors (Lipinski definition) is 7. The van der Waals surface area contributed by atoms with Crippen LogP contribution in [0.3, 0.4) is 0 Å². The van der Waals surface area contributed by atoms with E-state index < -0.39 is 8.32 Å². The van der Waals surface area contributed by atoms with Crippen LogP contribution in [0.1, 0.15) is 69.3 Å². The Morgan fingerprint density at radius 3 is 2.40 bits per heavy atom. The van der Waals surface area contributed by atoms with E-state index in [0.717, 1.165) is 65.6 Å². The number of ether oxygens (including phenoxy) is 2. The molecule has 0 saturated carbocycles. The highest BCUT2D eigenvalue weighted by molar-refractivity contribution is 6.74. The molecule has 8 heteroatoms. The van der Waals surface area contributed by atoms with Crippen molar-refractivity contribution in [3.63, 3.8) is 0 Å². The zero-order valence-electron chi connectivity index (χ0n) is 25.6. The molecule has 1 atom stereocenters. The van der Waals surface area contributed by atoms with Gasteiger partial charge in [0.15, 0.2) is 8.32 Å². The Bertz CT molecular complexity index is 1230. The van der Waals surface area contributed by atoms with Gasteiger partial charge in [-0.25, -0.2) is 4.98 Å². The Balaban J connectivity index is 1.77. The second-order valence-electron chi connectivity index (χ2n) is 11.9. The van der Waals surface area contributed by atoms with Gasteiger partial charge in [0.05, 0.1) is 7.11 Å². The Morgan fingerprint density at radius 2 is 1.75 bits per heavy atom. The highest BCUT2D eigenvalue weighted by Gasteiger charge is 2.37. The van der Waals surface area contributed by atoms with Gasteiger partial charge in [0.1, 0.15) is 23.9 Å². The second kappa shape index (κ2) is 14.0. The molecule has 1 aromatic heterocycles. The van der Waals surface area contributed by atoms with Crippen LogP contribution in [-0.2, 0) is 17.5 Å². The second-order valence-corrected chi connectivity index (χ2v) is 16.8. The topological polar surface area (TPSA) is 91.5 Å². The van der Waals surface area contributed by atoms with Crippen LogP contribution in [0.15, 0.2) is 48.5 Å². The average Bonchev–Trinajstić information content (AvgIpc) is 2.89. The highest BCUT2D eigenvalue weighted by atomic mass is 28.4. The van der Waals surface area contributed by atoms with Crippen molar-refractivity contribution in [2.45, 2.75) is 91.1 Å². The molecule has 218 valence electrons. The van der Waals surface area contributed by atoms with Gasteiger partial charge in [-0.1, -0.05) is 70.5 Å². The molecule has 1 heterocycles. The number of nitrogens with zero attached hydrogens (tertiary/aromatic N) is 2. The van der Waals surface area contributed by atoms with E-state index in [4.69, 9.17) is 19.6 Å². The summed E-state index contributed by atoms with van der Waals surface area (Å²) in [5, 5.41) is 3.89. The third kappa shape index (κ3) is 8.70. The highest BCUT2D eigenvalue weighted by Crippen LogP contribution is 2.37. The summed E-state index contributed by atoms with van der Waals surface area (Å²) in [4.78, 5) is 9.13. The van der Waals surface area contributed by atoms with Crippen molar-refractivity contribution in [1.82, 2.24) is 9.97 Å². The van der Waals surface area contributed by atoms with Crippen molar-refractivity contribution in [1.29, 1.82) is 0 Å². The molecule has 0 saturated heterocycles. The van der Waals surface area contributed by atoms with E-state index >= 15 is 0 Å². The van der Waals surface area contributed by atoms with Gasteiger partial charge in [-0.2, -0.15) is 4.98 Å². The first-order valence-corrected chi connectivity index (χ1v) is 17.2. The minimum absolute atomic E-state index is 0.188. The van der Waals surface area contributed by atoms with Gasteiger partial charge in [-0.05, 0) is 55.1 Å². The lowest BCUT2D eigenvalue weighted by atomic mass is 10.0. The third-order valence-electron chi connectivity index (χ3n) is 7.82. The van der Waals surface area contributed by atoms with E-state index in [2.05, 4.69) is 74.3 Å². The SMILES string of the molecule is CCCC(CCO[Si](C)(C)C(C)(C)C)Nc1nc(N)nc(C)c1Cc1ccc(OCc2ccccc2)cc1OC. The zero-order chi connectivity index (χ0) is 29.3. The molecule has 7 nitrogen and oxygen atoms in total. The molecule has 0 radical (unpaired) electrons. The van der Waals surface area contributed by atoms with E-state index in [-0.39, 0.29) is 17.0 Å². The van der Waals surface area contributed by atoms with Crippen LogP contribution in [0, 0.1) is 6.92 Å². The van der Waals surface area contributed by atoms with Crippen molar-refractivity contribution in [3.05, 3.63) is 70.9 Å². The number of rotatable bonds is 14. The van der Waals surface area contributed by atoms with Crippen molar-refractivity contribution < 1.29 is 13.9 Å². The molecule has 0 aliphatic heterocycles. The molecule has 40 heavy (non-hydrogen) atoms. The lowest BCUT2D eigenvalue weighted by molar-refractivity contribution is 0.272. The molecular weight excluding hydrogens is 516 g/mol. The summed E-state index contributed by atoms with van der Waals surface area (Å²) < 4.78 is 18.3. The van der Waals surface area contributed by atoms with Crippen LogP contribution in [0.4, 0.5) is 11.8 Å². The van der Waals surface area contributed by atoms with E-state index in [1.54, 1.807) is 7.11 Å². The number of nitrogens with one attached hydrogen (secondary N) is 1. The largest absolute Gasteiger partial charge is 0.496 e. The number of nitrogens with two attached hydrogens (primary N) is 1. The van der Waals surface area contributed by atoms with E-state index in [9.17, 15) is 0 Å². The maximum atomic E-state index is 6.48. The van der Waals surface area contributed by atoms with Crippen LogP contribution >= 0.6 is 0 Å². The van der Waals surface area contributed by atoms with Crippen molar-refractivity contribution in [3.8, 4) is 11.5 Å². The number of anilines is 2. The third-order valence-corrected chi connectivity index (χ3v) is 12.4. The minimum Gasteiger partial charge on any atom is -0.496 e. The number of nitrogen functional groups attached to an aromatic ring is 1. The number of methoxy groups -OCH3 is 1. The lowest BCUT2D eigenvalue weighted by Gasteiger charge is -2.36. The molecule has 3 aromatic rings. The molecule has 3 N–H and O–H groups in total. The Hall–Kier alpha value is -3.10. The molecular formula is C32H48N4O3Si. The Labute approximate surface area is 242 Å². The smallest absolute Gasteiger partial charge is 0.222 e. The maximum absolute atomic E-state index is 6.48. The number of hydrogen-bond donors (Lipinski definition) is 2. The van der Waals surface area contributed by atoms with Gasteiger partial charge < -0.3 is 25.0 Å². The van der Waals surface area contributed by atoms with Crippen LogP contribution in [0.2, 0.25) is 18.1 Å². The van der Waals surface area contributed by atoms with E-state index in [1.165, 1.54) is 0 Å². The molecule has 0 amide bonds. The van der Waals surface area contributed by atoms with Crippen LogP contribution in [0.5, 0.6) is 11.5 Å². The van der Waals surface area contributed by atoms with E-state index in [0.29, 0.717) is 13.0 Å². The summed E-state index contributed by atoms with van der Waals surface area (Å²) in [5.41, 5.74) is 10.1. The van der Waals surface area contributed by atoms with Gasteiger partial charge in [0, 0.05) is 36.4 Å². The molecule has 1 unspecified atom stereocenters. The summed E-state index contributed by atoms with van der Waals surface area (Å²) in [6.07, 6.45) is 3.58. The summed E-state index contributed by atoms with van der Waals surface area (Å²) in [6, 6.07) is 16.3. The predicted molar refractivity (Wildman–Crippen MR) is 168 cm³/mol. The van der Waals surface area contributed by atoms with Gasteiger partial charge in [0.2, 0.25) is 5.95 Å². The molecule has 2 aromatic carbocycles. The Kier molecular flexibility index (Phi) is 11.0. The monoisotopic (exact) mass is 564 g/mol. The number of benzene rings is 2. The Morgan fingerprint density at radius 1 is 1.02 bits per heavy atom. The molecule has 0 bridgehead atoms. The van der Waals surface area contributed by atoms with Crippen molar-refractivity contribution >= 4 is 20.1 Å². The van der Waals surface area contributed by atoms with Gasteiger partial charge >= 0.3 is 0 Å². The summed E-state index contributed by atoms with van der Waals surface area (Å²) in [7, 11) is -0.119. The zero-order valence-corrected chi connectivity index (χ0v) is 26.6. The van der Waals surface area contributed by atoms with Crippen LogP contribution in [0.25, 0.3) is 0 Å². The molecule has 0 aliphatic rings. The average molecular weight is 565 g/mol.